The van der Waals surface area contributed by atoms with Gasteiger partial charge in [-0.2, -0.15) is 0 Å². The van der Waals surface area contributed by atoms with E-state index in [-0.39, 0.29) is 0 Å². The van der Waals surface area contributed by atoms with Gasteiger partial charge in [-0.15, -0.1) is 0 Å². The van der Waals surface area contributed by atoms with Gasteiger partial charge < -0.3 is 10.1 Å². The average molecular weight is 266 g/mol. The molecule has 1 aromatic carbocycles. The number of rotatable bonds is 2. The Labute approximate surface area is 114 Å². The minimum atomic E-state index is 0.575. The van der Waals surface area contributed by atoms with Crippen LogP contribution in [-0.2, 0) is 12.8 Å². The summed E-state index contributed by atoms with van der Waals surface area (Å²) in [5.41, 5.74) is 4.37. The molecule has 0 bridgehead atoms. The molecular weight excluding hydrogens is 246 g/mol. The van der Waals surface area contributed by atoms with Crippen LogP contribution in [0.5, 0.6) is 5.75 Å². The van der Waals surface area contributed by atoms with Gasteiger partial charge in [-0.1, -0.05) is 11.6 Å². The number of ether oxygens (including phenoxy) is 1. The number of benzene rings is 1. The van der Waals surface area contributed by atoms with E-state index >= 15 is 0 Å². The largest absolute Gasteiger partial charge is 0.495 e. The maximum Gasteiger partial charge on any atom is 0.141 e. The summed E-state index contributed by atoms with van der Waals surface area (Å²) in [5, 5.41) is 4.24. The second-order valence-electron chi connectivity index (χ2n) is 5.34. The summed E-state index contributed by atoms with van der Waals surface area (Å²) >= 11 is 6.40. The molecular formula is C15H20ClNO. The fourth-order valence-corrected chi connectivity index (χ4v) is 3.73. The zero-order chi connectivity index (χ0) is 12.5. The molecule has 0 spiro atoms. The minimum Gasteiger partial charge on any atom is -0.495 e. The highest BCUT2D eigenvalue weighted by atomic mass is 35.5. The van der Waals surface area contributed by atoms with Crippen LogP contribution in [0.1, 0.15) is 41.9 Å². The van der Waals surface area contributed by atoms with Gasteiger partial charge in [-0.25, -0.2) is 0 Å². The highest BCUT2D eigenvalue weighted by Gasteiger charge is 2.27. The third kappa shape index (κ3) is 2.02. The lowest BCUT2D eigenvalue weighted by molar-refractivity contribution is 0.404. The topological polar surface area (TPSA) is 21.3 Å². The number of nitrogens with one attached hydrogen (secondary N) is 1. The summed E-state index contributed by atoms with van der Waals surface area (Å²) in [6.07, 6.45) is 6.15. The predicted octanol–water partition coefficient (Wildman–Crippen LogP) is 3.30. The molecule has 3 rings (SSSR count). The van der Waals surface area contributed by atoms with E-state index in [1.807, 2.05) is 0 Å². The lowest BCUT2D eigenvalue weighted by Gasteiger charge is -2.25. The molecule has 1 fully saturated rings. The highest BCUT2D eigenvalue weighted by molar-refractivity contribution is 6.32. The Morgan fingerprint density at radius 1 is 1.33 bits per heavy atom. The average Bonchev–Trinajstić information content (AvgIpc) is 2.90. The SMILES string of the molecule is COc1c(Cl)cc2c(c1C1CCNC1)CCCC2. The summed E-state index contributed by atoms with van der Waals surface area (Å²) < 4.78 is 5.59. The van der Waals surface area contributed by atoms with Crippen molar-refractivity contribution in [2.45, 2.75) is 38.0 Å². The van der Waals surface area contributed by atoms with E-state index in [0.717, 1.165) is 23.9 Å². The molecule has 1 saturated heterocycles. The molecule has 98 valence electrons. The first-order valence-electron chi connectivity index (χ1n) is 6.90. The number of aryl methyl sites for hydroxylation is 1. The predicted molar refractivity (Wildman–Crippen MR) is 74.9 cm³/mol. The van der Waals surface area contributed by atoms with E-state index in [0.29, 0.717) is 5.92 Å². The second kappa shape index (κ2) is 5.10. The number of fused-ring (bicyclic) bond motifs is 1. The van der Waals surface area contributed by atoms with Crippen molar-refractivity contribution in [1.29, 1.82) is 0 Å². The molecule has 1 N–H and O–H groups in total. The monoisotopic (exact) mass is 265 g/mol. The molecule has 2 nitrogen and oxygen atoms in total. The van der Waals surface area contributed by atoms with Crippen molar-refractivity contribution < 1.29 is 4.74 Å². The molecule has 1 aliphatic heterocycles. The normalized spacial score (nSPS) is 22.9. The van der Waals surface area contributed by atoms with Crippen molar-refractivity contribution in [2.24, 2.45) is 0 Å². The van der Waals surface area contributed by atoms with Crippen molar-refractivity contribution >= 4 is 11.6 Å². The number of hydrogen-bond acceptors (Lipinski definition) is 2. The molecule has 2 aliphatic rings. The lowest BCUT2D eigenvalue weighted by Crippen LogP contribution is -2.14. The first-order valence-corrected chi connectivity index (χ1v) is 7.28. The Balaban J connectivity index is 2.14. The van der Waals surface area contributed by atoms with Gasteiger partial charge in [0.1, 0.15) is 5.75 Å². The van der Waals surface area contributed by atoms with E-state index in [1.54, 1.807) is 7.11 Å². The maximum absolute atomic E-state index is 6.40. The van der Waals surface area contributed by atoms with Crippen LogP contribution in [0.15, 0.2) is 6.07 Å². The van der Waals surface area contributed by atoms with E-state index < -0.39 is 0 Å². The Kier molecular flexibility index (Phi) is 3.49. The smallest absolute Gasteiger partial charge is 0.141 e. The lowest BCUT2D eigenvalue weighted by atomic mass is 9.82. The summed E-state index contributed by atoms with van der Waals surface area (Å²) in [4.78, 5) is 0. The van der Waals surface area contributed by atoms with Crippen molar-refractivity contribution in [3.05, 3.63) is 27.8 Å². The highest BCUT2D eigenvalue weighted by Crippen LogP contribution is 2.42. The Hall–Kier alpha value is -0.730. The van der Waals surface area contributed by atoms with Crippen molar-refractivity contribution in [1.82, 2.24) is 5.32 Å². The molecule has 0 amide bonds. The molecule has 1 unspecified atom stereocenters. The standard InChI is InChI=1S/C15H20ClNO/c1-18-15-13(16)8-10-4-2-3-5-12(10)14(15)11-6-7-17-9-11/h8,11,17H,2-7,9H2,1H3. The molecule has 0 aromatic heterocycles. The second-order valence-corrected chi connectivity index (χ2v) is 5.75. The quantitative estimate of drug-likeness (QED) is 0.886. The fourth-order valence-electron chi connectivity index (χ4n) is 3.42. The summed E-state index contributed by atoms with van der Waals surface area (Å²) in [7, 11) is 1.74. The van der Waals surface area contributed by atoms with E-state index in [9.17, 15) is 0 Å². The summed E-state index contributed by atoms with van der Waals surface area (Å²) in [6, 6.07) is 2.13. The van der Waals surface area contributed by atoms with Crippen LogP contribution < -0.4 is 10.1 Å². The van der Waals surface area contributed by atoms with E-state index in [1.165, 1.54) is 48.8 Å². The fraction of sp³-hybridized carbons (Fsp3) is 0.600. The van der Waals surface area contributed by atoms with E-state index in [4.69, 9.17) is 16.3 Å². The van der Waals surface area contributed by atoms with Crippen LogP contribution in [0.3, 0.4) is 0 Å². The molecule has 0 radical (unpaired) electrons. The zero-order valence-electron chi connectivity index (χ0n) is 10.9. The molecule has 18 heavy (non-hydrogen) atoms. The maximum atomic E-state index is 6.40. The van der Waals surface area contributed by atoms with Gasteiger partial charge >= 0.3 is 0 Å². The molecule has 1 aliphatic carbocycles. The van der Waals surface area contributed by atoms with Crippen molar-refractivity contribution in [3.63, 3.8) is 0 Å². The Bertz CT molecular complexity index is 452. The van der Waals surface area contributed by atoms with Gasteiger partial charge in [0, 0.05) is 18.0 Å². The third-order valence-corrected chi connectivity index (χ3v) is 4.55. The van der Waals surface area contributed by atoms with Gasteiger partial charge in [0.25, 0.3) is 0 Å². The molecule has 1 atom stereocenters. The zero-order valence-corrected chi connectivity index (χ0v) is 11.6. The summed E-state index contributed by atoms with van der Waals surface area (Å²) in [5.74, 6) is 1.50. The minimum absolute atomic E-state index is 0.575. The number of methoxy groups -OCH3 is 1. The third-order valence-electron chi connectivity index (χ3n) is 4.27. The van der Waals surface area contributed by atoms with Gasteiger partial charge in [0.2, 0.25) is 0 Å². The van der Waals surface area contributed by atoms with Crippen LogP contribution in [0.25, 0.3) is 0 Å². The Morgan fingerprint density at radius 2 is 2.17 bits per heavy atom. The van der Waals surface area contributed by atoms with Crippen molar-refractivity contribution in [2.75, 3.05) is 20.2 Å². The first-order chi connectivity index (χ1) is 8.81. The van der Waals surface area contributed by atoms with Gasteiger partial charge in [-0.05, 0) is 55.8 Å². The van der Waals surface area contributed by atoms with E-state index in [2.05, 4.69) is 11.4 Å². The Morgan fingerprint density at radius 3 is 2.89 bits per heavy atom. The molecule has 1 heterocycles. The van der Waals surface area contributed by atoms with Gasteiger partial charge in [0.05, 0.1) is 12.1 Å². The van der Waals surface area contributed by atoms with Crippen LogP contribution in [-0.4, -0.2) is 20.2 Å². The van der Waals surface area contributed by atoms with Crippen LogP contribution >= 0.6 is 11.6 Å². The number of hydrogen-bond donors (Lipinski definition) is 1. The molecule has 1 aromatic rings. The van der Waals surface area contributed by atoms with Crippen LogP contribution in [0.2, 0.25) is 5.02 Å². The van der Waals surface area contributed by atoms with Crippen LogP contribution in [0, 0.1) is 0 Å². The number of halogens is 1. The summed E-state index contributed by atoms with van der Waals surface area (Å²) in [6.45, 7) is 2.16. The molecule has 3 heteroatoms. The van der Waals surface area contributed by atoms with Crippen molar-refractivity contribution in [3.8, 4) is 5.75 Å². The van der Waals surface area contributed by atoms with Crippen LogP contribution in [0.4, 0.5) is 0 Å². The molecule has 0 saturated carbocycles. The van der Waals surface area contributed by atoms with Gasteiger partial charge in [-0.3, -0.25) is 0 Å². The first kappa shape index (κ1) is 12.3. The van der Waals surface area contributed by atoms with Gasteiger partial charge in [0.15, 0.2) is 0 Å².